The van der Waals surface area contributed by atoms with Gasteiger partial charge in [-0.15, -0.1) is 0 Å². The molecule has 0 saturated heterocycles. The monoisotopic (exact) mass is 365 g/mol. The molecule has 0 unspecified atom stereocenters. The van der Waals surface area contributed by atoms with E-state index in [1.807, 2.05) is 13.8 Å². The first-order valence-corrected chi connectivity index (χ1v) is 8.55. The zero-order chi connectivity index (χ0) is 15.2. The second-order valence-electron chi connectivity index (χ2n) is 4.66. The Balaban J connectivity index is 2.58. The SMILES string of the molecule is COc1ccc(S(=O)(=O)NCCOCC(C)C)cc1Br. The van der Waals surface area contributed by atoms with Crippen LogP contribution in [0.25, 0.3) is 0 Å². The van der Waals surface area contributed by atoms with Crippen LogP contribution < -0.4 is 9.46 Å². The second-order valence-corrected chi connectivity index (χ2v) is 7.28. The number of sulfonamides is 1. The van der Waals surface area contributed by atoms with Gasteiger partial charge in [-0.05, 0) is 40.0 Å². The number of halogens is 1. The van der Waals surface area contributed by atoms with E-state index in [2.05, 4.69) is 20.7 Å². The quantitative estimate of drug-likeness (QED) is 0.718. The van der Waals surface area contributed by atoms with E-state index >= 15 is 0 Å². The summed E-state index contributed by atoms with van der Waals surface area (Å²) in [6, 6.07) is 4.62. The van der Waals surface area contributed by atoms with Crippen molar-refractivity contribution in [3.8, 4) is 5.75 Å². The molecule has 0 aliphatic heterocycles. The van der Waals surface area contributed by atoms with Crippen LogP contribution in [0.3, 0.4) is 0 Å². The smallest absolute Gasteiger partial charge is 0.240 e. The molecule has 20 heavy (non-hydrogen) atoms. The topological polar surface area (TPSA) is 64.6 Å². The summed E-state index contributed by atoms with van der Waals surface area (Å²) >= 11 is 3.27. The summed E-state index contributed by atoms with van der Waals surface area (Å²) in [5.41, 5.74) is 0. The first-order valence-electron chi connectivity index (χ1n) is 6.27. The molecule has 0 radical (unpaired) electrons. The van der Waals surface area contributed by atoms with E-state index < -0.39 is 10.0 Å². The van der Waals surface area contributed by atoms with Crippen LogP contribution in [0.1, 0.15) is 13.8 Å². The van der Waals surface area contributed by atoms with Crippen LogP contribution in [0.15, 0.2) is 27.6 Å². The molecule has 0 spiro atoms. The minimum atomic E-state index is -3.52. The zero-order valence-electron chi connectivity index (χ0n) is 11.8. The van der Waals surface area contributed by atoms with E-state index in [1.165, 1.54) is 19.2 Å². The number of hydrogen-bond donors (Lipinski definition) is 1. The molecule has 0 atom stereocenters. The van der Waals surface area contributed by atoms with Crippen LogP contribution in [-0.2, 0) is 14.8 Å². The van der Waals surface area contributed by atoms with Gasteiger partial charge in [0.05, 0.1) is 23.1 Å². The summed E-state index contributed by atoms with van der Waals surface area (Å²) in [5, 5.41) is 0. The Bertz CT molecular complexity index is 531. The van der Waals surface area contributed by atoms with Crippen molar-refractivity contribution in [2.75, 3.05) is 26.9 Å². The standard InChI is InChI=1S/C13H20BrNO4S/c1-10(2)9-19-7-6-15-20(16,17)11-4-5-13(18-3)12(14)8-11/h4-5,8,10,15H,6-7,9H2,1-3H3. The predicted molar refractivity (Wildman–Crippen MR) is 81.5 cm³/mol. The van der Waals surface area contributed by atoms with E-state index in [1.54, 1.807) is 6.07 Å². The minimum absolute atomic E-state index is 0.189. The molecule has 0 bridgehead atoms. The Morgan fingerprint density at radius 2 is 2.05 bits per heavy atom. The maximum absolute atomic E-state index is 12.1. The first-order chi connectivity index (χ1) is 9.36. The van der Waals surface area contributed by atoms with Gasteiger partial charge in [0.2, 0.25) is 10.0 Å². The summed E-state index contributed by atoms with van der Waals surface area (Å²) < 4.78 is 37.6. The van der Waals surface area contributed by atoms with Crippen molar-refractivity contribution in [3.05, 3.63) is 22.7 Å². The van der Waals surface area contributed by atoms with Gasteiger partial charge < -0.3 is 9.47 Å². The van der Waals surface area contributed by atoms with E-state index in [0.29, 0.717) is 29.4 Å². The van der Waals surface area contributed by atoms with E-state index in [0.717, 1.165) is 0 Å². The molecular weight excluding hydrogens is 346 g/mol. The van der Waals surface area contributed by atoms with Crippen LogP contribution in [0.4, 0.5) is 0 Å². The first kappa shape index (κ1) is 17.4. The molecule has 0 heterocycles. The number of benzene rings is 1. The Morgan fingerprint density at radius 3 is 2.60 bits per heavy atom. The van der Waals surface area contributed by atoms with Gasteiger partial charge in [0.25, 0.3) is 0 Å². The highest BCUT2D eigenvalue weighted by molar-refractivity contribution is 9.10. The predicted octanol–water partition coefficient (Wildman–Crippen LogP) is 2.41. The van der Waals surface area contributed by atoms with E-state index in [-0.39, 0.29) is 11.4 Å². The molecule has 0 amide bonds. The highest BCUT2D eigenvalue weighted by atomic mass is 79.9. The van der Waals surface area contributed by atoms with Gasteiger partial charge in [-0.2, -0.15) is 0 Å². The lowest BCUT2D eigenvalue weighted by Crippen LogP contribution is -2.27. The fourth-order valence-electron chi connectivity index (χ4n) is 1.46. The molecule has 7 heteroatoms. The van der Waals surface area contributed by atoms with Crippen LogP contribution in [0, 0.1) is 5.92 Å². The van der Waals surface area contributed by atoms with E-state index in [9.17, 15) is 8.42 Å². The third-order valence-corrected chi connectivity index (χ3v) is 4.50. The molecule has 1 rings (SSSR count). The van der Waals surface area contributed by atoms with Crippen LogP contribution in [-0.4, -0.2) is 35.3 Å². The van der Waals surface area contributed by atoms with Crippen LogP contribution >= 0.6 is 15.9 Å². The molecule has 0 fully saturated rings. The minimum Gasteiger partial charge on any atom is -0.496 e. The largest absolute Gasteiger partial charge is 0.496 e. The van der Waals surface area contributed by atoms with Crippen molar-refractivity contribution in [3.63, 3.8) is 0 Å². The second kappa shape index (κ2) is 7.97. The molecule has 5 nitrogen and oxygen atoms in total. The fourth-order valence-corrected chi connectivity index (χ4v) is 3.20. The maximum Gasteiger partial charge on any atom is 0.240 e. The van der Waals surface area contributed by atoms with Crippen molar-refractivity contribution in [1.29, 1.82) is 0 Å². The van der Waals surface area contributed by atoms with Gasteiger partial charge in [-0.3, -0.25) is 0 Å². The number of nitrogens with one attached hydrogen (secondary N) is 1. The average molecular weight is 366 g/mol. The number of methoxy groups -OCH3 is 1. The summed E-state index contributed by atoms with van der Waals surface area (Å²) in [5.74, 6) is 1.02. The van der Waals surface area contributed by atoms with Crippen molar-refractivity contribution in [2.45, 2.75) is 18.7 Å². The highest BCUT2D eigenvalue weighted by Crippen LogP contribution is 2.27. The molecule has 1 aromatic rings. The van der Waals surface area contributed by atoms with Crippen molar-refractivity contribution in [2.24, 2.45) is 5.92 Å². The van der Waals surface area contributed by atoms with Crippen molar-refractivity contribution in [1.82, 2.24) is 4.72 Å². The summed E-state index contributed by atoms with van der Waals surface area (Å²) in [4.78, 5) is 0.189. The van der Waals surface area contributed by atoms with Gasteiger partial charge in [-0.25, -0.2) is 13.1 Å². The number of ether oxygens (including phenoxy) is 2. The lowest BCUT2D eigenvalue weighted by Gasteiger charge is -2.10. The molecule has 114 valence electrons. The Labute approximate surface area is 128 Å². The fraction of sp³-hybridized carbons (Fsp3) is 0.538. The molecule has 1 aromatic carbocycles. The molecule has 0 aromatic heterocycles. The molecule has 0 aliphatic carbocycles. The molecule has 1 N–H and O–H groups in total. The van der Waals surface area contributed by atoms with Gasteiger partial charge in [0.15, 0.2) is 0 Å². The number of hydrogen-bond acceptors (Lipinski definition) is 4. The van der Waals surface area contributed by atoms with Crippen LogP contribution in [0.5, 0.6) is 5.75 Å². The summed E-state index contributed by atoms with van der Waals surface area (Å²) in [6.07, 6.45) is 0. The van der Waals surface area contributed by atoms with Crippen molar-refractivity contribution < 1.29 is 17.9 Å². The third-order valence-electron chi connectivity index (χ3n) is 2.42. The lowest BCUT2D eigenvalue weighted by molar-refractivity contribution is 0.114. The molecular formula is C13H20BrNO4S. The van der Waals surface area contributed by atoms with E-state index in [4.69, 9.17) is 9.47 Å². The van der Waals surface area contributed by atoms with Crippen molar-refractivity contribution >= 4 is 26.0 Å². The molecule has 0 saturated carbocycles. The Hall–Kier alpha value is -0.630. The average Bonchev–Trinajstić information content (AvgIpc) is 2.37. The summed E-state index contributed by atoms with van der Waals surface area (Å²) in [6.45, 7) is 5.31. The lowest BCUT2D eigenvalue weighted by atomic mass is 10.2. The van der Waals surface area contributed by atoms with Gasteiger partial charge in [0, 0.05) is 13.2 Å². The van der Waals surface area contributed by atoms with Gasteiger partial charge in [0.1, 0.15) is 5.75 Å². The Kier molecular flexibility index (Phi) is 6.94. The van der Waals surface area contributed by atoms with Gasteiger partial charge in [-0.1, -0.05) is 13.8 Å². The zero-order valence-corrected chi connectivity index (χ0v) is 14.3. The van der Waals surface area contributed by atoms with Crippen LogP contribution in [0.2, 0.25) is 0 Å². The third kappa shape index (κ3) is 5.40. The number of rotatable bonds is 8. The normalized spacial score (nSPS) is 11.8. The summed E-state index contributed by atoms with van der Waals surface area (Å²) in [7, 11) is -2.00. The highest BCUT2D eigenvalue weighted by Gasteiger charge is 2.15. The maximum atomic E-state index is 12.1. The van der Waals surface area contributed by atoms with Gasteiger partial charge >= 0.3 is 0 Å². The Morgan fingerprint density at radius 1 is 1.35 bits per heavy atom. The molecule has 0 aliphatic rings.